The zero-order valence-electron chi connectivity index (χ0n) is 20.6. The van der Waals surface area contributed by atoms with Gasteiger partial charge in [-0.1, -0.05) is 68.3 Å². The summed E-state index contributed by atoms with van der Waals surface area (Å²) in [6.45, 7) is 5.70. The Morgan fingerprint density at radius 3 is 2.26 bits per heavy atom. The van der Waals surface area contributed by atoms with Crippen LogP contribution in [0.25, 0.3) is 11.1 Å². The van der Waals surface area contributed by atoms with Crippen molar-refractivity contribution in [3.05, 3.63) is 59.7 Å². The summed E-state index contributed by atoms with van der Waals surface area (Å²) in [7, 11) is 0. The largest absolute Gasteiger partial charge is 0.480 e. The van der Waals surface area contributed by atoms with Crippen LogP contribution in [-0.2, 0) is 14.3 Å². The summed E-state index contributed by atoms with van der Waals surface area (Å²) in [5, 5.41) is 12.4. The van der Waals surface area contributed by atoms with E-state index < -0.39 is 23.6 Å². The van der Waals surface area contributed by atoms with Gasteiger partial charge in [0.25, 0.3) is 0 Å². The first kappa shape index (κ1) is 24.8. The van der Waals surface area contributed by atoms with Crippen LogP contribution in [0, 0.1) is 5.92 Å². The molecule has 2 aliphatic carbocycles. The molecular formula is C28H34N2O5. The predicted molar refractivity (Wildman–Crippen MR) is 133 cm³/mol. The second-order valence-corrected chi connectivity index (χ2v) is 9.84. The van der Waals surface area contributed by atoms with Crippen molar-refractivity contribution in [3.63, 3.8) is 0 Å². The average Bonchev–Trinajstić information content (AvgIpc) is 3.16. The van der Waals surface area contributed by atoms with Gasteiger partial charge in [0.05, 0.1) is 0 Å². The number of nitrogens with one attached hydrogen (secondary N) is 1. The number of benzene rings is 2. The fourth-order valence-corrected chi connectivity index (χ4v) is 5.74. The topological polar surface area (TPSA) is 95.9 Å². The van der Waals surface area contributed by atoms with Crippen LogP contribution in [0.5, 0.6) is 0 Å². The minimum Gasteiger partial charge on any atom is -0.480 e. The van der Waals surface area contributed by atoms with Crippen LogP contribution in [0.15, 0.2) is 48.5 Å². The van der Waals surface area contributed by atoms with Gasteiger partial charge in [-0.15, -0.1) is 0 Å². The van der Waals surface area contributed by atoms with Gasteiger partial charge in [0.1, 0.15) is 18.2 Å². The molecule has 0 heterocycles. The van der Waals surface area contributed by atoms with Crippen molar-refractivity contribution in [2.45, 2.75) is 64.0 Å². The number of carbonyl (C=O) groups excluding carboxylic acids is 2. The Hall–Kier alpha value is -3.35. The number of alkyl carbamates (subject to hydrolysis) is 1. The standard InChI is InChI=1S/C28H34N2O5/c1-4-30(19(3)25(31)32)26(33)28(15-9-10-18(2)16-28)29-27(34)35-17-24-22-13-7-5-11-20(22)21-12-6-8-14-23(21)24/h5-8,11-14,18-19,24H,4,9-10,15-17H2,1-3H3,(H,29,34)(H,31,32). The monoisotopic (exact) mass is 478 g/mol. The van der Waals surface area contributed by atoms with E-state index in [1.165, 1.54) is 11.8 Å². The van der Waals surface area contributed by atoms with Crippen molar-refractivity contribution in [2.24, 2.45) is 5.92 Å². The number of carbonyl (C=O) groups is 3. The van der Waals surface area contributed by atoms with E-state index in [-0.39, 0.29) is 30.9 Å². The van der Waals surface area contributed by atoms with Gasteiger partial charge in [-0.05, 0) is 54.9 Å². The Bertz CT molecular complexity index is 1070. The number of aliphatic carboxylic acids is 1. The van der Waals surface area contributed by atoms with Gasteiger partial charge in [0.15, 0.2) is 0 Å². The zero-order chi connectivity index (χ0) is 25.2. The van der Waals surface area contributed by atoms with E-state index in [1.807, 2.05) is 24.3 Å². The number of hydrogen-bond donors (Lipinski definition) is 2. The smallest absolute Gasteiger partial charge is 0.408 e. The number of fused-ring (bicyclic) bond motifs is 3. The summed E-state index contributed by atoms with van der Waals surface area (Å²) in [6.07, 6.45) is 2.01. The predicted octanol–water partition coefficient (Wildman–Crippen LogP) is 4.80. The van der Waals surface area contributed by atoms with Gasteiger partial charge in [0, 0.05) is 12.5 Å². The quantitative estimate of drug-likeness (QED) is 0.596. The van der Waals surface area contributed by atoms with Crippen LogP contribution >= 0.6 is 0 Å². The Morgan fingerprint density at radius 1 is 1.11 bits per heavy atom. The summed E-state index contributed by atoms with van der Waals surface area (Å²) >= 11 is 0. The molecule has 7 nitrogen and oxygen atoms in total. The molecule has 0 radical (unpaired) electrons. The average molecular weight is 479 g/mol. The zero-order valence-corrected chi connectivity index (χ0v) is 20.6. The molecule has 2 aliphatic rings. The molecule has 0 aromatic heterocycles. The lowest BCUT2D eigenvalue weighted by atomic mass is 9.75. The Labute approximate surface area is 206 Å². The molecule has 0 saturated heterocycles. The Morgan fingerprint density at radius 2 is 1.71 bits per heavy atom. The van der Waals surface area contributed by atoms with E-state index in [0.29, 0.717) is 12.8 Å². The Kier molecular flexibility index (Phi) is 7.15. The van der Waals surface area contributed by atoms with Crippen molar-refractivity contribution < 1.29 is 24.2 Å². The maximum absolute atomic E-state index is 13.7. The molecule has 1 fully saturated rings. The van der Waals surface area contributed by atoms with Gasteiger partial charge in [-0.2, -0.15) is 0 Å². The summed E-state index contributed by atoms with van der Waals surface area (Å²) < 4.78 is 5.74. The van der Waals surface area contributed by atoms with Crippen LogP contribution in [-0.4, -0.2) is 52.7 Å². The van der Waals surface area contributed by atoms with E-state index in [9.17, 15) is 19.5 Å². The van der Waals surface area contributed by atoms with E-state index in [1.54, 1.807) is 6.92 Å². The first-order valence-corrected chi connectivity index (χ1v) is 12.4. The first-order valence-electron chi connectivity index (χ1n) is 12.4. The molecule has 2 amide bonds. The van der Waals surface area contributed by atoms with Gasteiger partial charge in [-0.25, -0.2) is 9.59 Å². The number of likely N-dealkylation sites (N-methyl/N-ethyl adjacent to an activating group) is 1. The van der Waals surface area contributed by atoms with Gasteiger partial charge in [0.2, 0.25) is 5.91 Å². The highest BCUT2D eigenvalue weighted by molar-refractivity contribution is 5.93. The lowest BCUT2D eigenvalue weighted by Crippen LogP contribution is -2.63. The highest BCUT2D eigenvalue weighted by Crippen LogP contribution is 2.44. The first-order chi connectivity index (χ1) is 16.8. The van der Waals surface area contributed by atoms with Gasteiger partial charge >= 0.3 is 12.1 Å². The van der Waals surface area contributed by atoms with Crippen LogP contribution < -0.4 is 5.32 Å². The van der Waals surface area contributed by atoms with Crippen LogP contribution in [0.1, 0.15) is 63.5 Å². The molecule has 2 N–H and O–H groups in total. The van der Waals surface area contributed by atoms with Crippen molar-refractivity contribution in [1.82, 2.24) is 10.2 Å². The number of carboxylic acids is 1. The van der Waals surface area contributed by atoms with Gasteiger partial charge < -0.3 is 20.1 Å². The third-order valence-corrected chi connectivity index (χ3v) is 7.52. The molecule has 0 aliphatic heterocycles. The number of rotatable bonds is 7. The summed E-state index contributed by atoms with van der Waals surface area (Å²) in [5.74, 6) is -1.28. The second kappa shape index (κ2) is 10.1. The third kappa shape index (κ3) is 4.77. The molecule has 0 bridgehead atoms. The maximum Gasteiger partial charge on any atom is 0.408 e. The highest BCUT2D eigenvalue weighted by atomic mass is 16.5. The van der Waals surface area contributed by atoms with Crippen molar-refractivity contribution in [1.29, 1.82) is 0 Å². The number of amides is 2. The van der Waals surface area contributed by atoms with E-state index >= 15 is 0 Å². The summed E-state index contributed by atoms with van der Waals surface area (Å²) in [6, 6.07) is 15.3. The summed E-state index contributed by atoms with van der Waals surface area (Å²) in [5.41, 5.74) is 3.36. The normalized spacial score (nSPS) is 22.0. The number of carboxylic acid groups (broad SMARTS) is 1. The lowest BCUT2D eigenvalue weighted by molar-refractivity contribution is -0.153. The summed E-state index contributed by atoms with van der Waals surface area (Å²) in [4.78, 5) is 39.7. The van der Waals surface area contributed by atoms with Crippen LogP contribution in [0.4, 0.5) is 4.79 Å². The third-order valence-electron chi connectivity index (χ3n) is 7.52. The van der Waals surface area contributed by atoms with Crippen molar-refractivity contribution >= 4 is 18.0 Å². The lowest BCUT2D eigenvalue weighted by Gasteiger charge is -2.42. The number of hydrogen-bond acceptors (Lipinski definition) is 4. The molecule has 186 valence electrons. The molecule has 4 rings (SSSR count). The number of nitrogens with zero attached hydrogens (tertiary/aromatic N) is 1. The minimum atomic E-state index is -1.17. The Balaban J connectivity index is 1.53. The van der Waals surface area contributed by atoms with Crippen molar-refractivity contribution in [3.8, 4) is 11.1 Å². The molecule has 7 heteroatoms. The molecule has 0 spiro atoms. The van der Waals surface area contributed by atoms with E-state index in [0.717, 1.165) is 35.1 Å². The molecule has 2 aromatic rings. The molecule has 1 saturated carbocycles. The molecule has 3 atom stereocenters. The van der Waals surface area contributed by atoms with E-state index in [2.05, 4.69) is 36.5 Å². The molecule has 3 unspecified atom stereocenters. The van der Waals surface area contributed by atoms with Crippen LogP contribution in [0.2, 0.25) is 0 Å². The SMILES string of the molecule is CCN(C(=O)C1(NC(=O)OCC2c3ccccc3-c3ccccc32)CCCC(C)C1)C(C)C(=O)O. The second-order valence-electron chi connectivity index (χ2n) is 9.84. The molecule has 2 aromatic carbocycles. The highest BCUT2D eigenvalue weighted by Gasteiger charge is 2.47. The fraction of sp³-hybridized carbons (Fsp3) is 0.464. The molecular weight excluding hydrogens is 444 g/mol. The van der Waals surface area contributed by atoms with Crippen LogP contribution in [0.3, 0.4) is 0 Å². The fourth-order valence-electron chi connectivity index (χ4n) is 5.74. The van der Waals surface area contributed by atoms with E-state index in [4.69, 9.17) is 4.74 Å². The van der Waals surface area contributed by atoms with Gasteiger partial charge in [-0.3, -0.25) is 4.79 Å². The molecule has 35 heavy (non-hydrogen) atoms. The van der Waals surface area contributed by atoms with Crippen molar-refractivity contribution in [2.75, 3.05) is 13.2 Å². The minimum absolute atomic E-state index is 0.0794. The number of ether oxygens (including phenoxy) is 1. The maximum atomic E-state index is 13.7.